The van der Waals surface area contributed by atoms with Gasteiger partial charge in [-0.2, -0.15) is 0 Å². The smallest absolute Gasteiger partial charge is 0.421 e. The van der Waals surface area contributed by atoms with E-state index in [9.17, 15) is 23.1 Å². The van der Waals surface area contributed by atoms with Gasteiger partial charge >= 0.3 is 6.36 Å². The maximum Gasteiger partial charge on any atom is 0.522 e. The van der Waals surface area contributed by atoms with Crippen molar-refractivity contribution in [1.82, 2.24) is 15.5 Å². The number of hydrogen-bond donors (Lipinski definition) is 2. The number of ether oxygens (including phenoxy) is 1. The van der Waals surface area contributed by atoms with Gasteiger partial charge in [-0.25, -0.2) is 0 Å². The van der Waals surface area contributed by atoms with Gasteiger partial charge in [0.2, 0.25) is 17.7 Å². The SMILES string of the molecule is C=C(CCNC(=O)C[C@H](O)c1ccc(Cl)cc1)c1nnc(C2CC(OC(F)(F)F)C2)o1. The van der Waals surface area contributed by atoms with Crippen LogP contribution < -0.4 is 5.32 Å². The molecule has 31 heavy (non-hydrogen) atoms. The van der Waals surface area contributed by atoms with E-state index in [2.05, 4.69) is 26.8 Å². The fraction of sp³-hybridized carbons (Fsp3) is 0.450. The molecule has 1 aromatic carbocycles. The van der Waals surface area contributed by atoms with Crippen LogP contribution in [0.1, 0.15) is 55.1 Å². The molecule has 1 fully saturated rings. The van der Waals surface area contributed by atoms with Gasteiger partial charge in [0.1, 0.15) is 0 Å². The summed E-state index contributed by atoms with van der Waals surface area (Å²) >= 11 is 5.80. The number of hydrogen-bond acceptors (Lipinski definition) is 6. The van der Waals surface area contributed by atoms with E-state index in [1.165, 1.54) is 0 Å². The van der Waals surface area contributed by atoms with Crippen LogP contribution in [0.2, 0.25) is 5.02 Å². The minimum absolute atomic E-state index is 0.109. The Labute approximate surface area is 181 Å². The summed E-state index contributed by atoms with van der Waals surface area (Å²) in [6, 6.07) is 6.56. The molecule has 1 aromatic heterocycles. The Balaban J connectivity index is 1.38. The monoisotopic (exact) mass is 459 g/mol. The third-order valence-electron chi connectivity index (χ3n) is 4.87. The van der Waals surface area contributed by atoms with Crippen LogP contribution in [0.5, 0.6) is 0 Å². The van der Waals surface area contributed by atoms with Crippen molar-refractivity contribution < 1.29 is 32.2 Å². The molecular formula is C20H21ClF3N3O4. The molecule has 0 bridgehead atoms. The van der Waals surface area contributed by atoms with Gasteiger partial charge in [0.25, 0.3) is 0 Å². The van der Waals surface area contributed by atoms with Gasteiger partial charge in [-0.05, 0) is 37.0 Å². The predicted octanol–water partition coefficient (Wildman–Crippen LogP) is 4.15. The molecular weight excluding hydrogens is 439 g/mol. The zero-order valence-electron chi connectivity index (χ0n) is 16.4. The van der Waals surface area contributed by atoms with Gasteiger partial charge in [-0.3, -0.25) is 9.53 Å². The molecule has 2 aromatic rings. The quantitative estimate of drug-likeness (QED) is 0.584. The number of carbonyl (C=O) groups is 1. The van der Waals surface area contributed by atoms with Gasteiger partial charge in [0.15, 0.2) is 0 Å². The maximum absolute atomic E-state index is 12.2. The summed E-state index contributed by atoms with van der Waals surface area (Å²) in [5.41, 5.74) is 1.07. The molecule has 11 heteroatoms. The molecule has 2 N–H and O–H groups in total. The van der Waals surface area contributed by atoms with Crippen LogP contribution >= 0.6 is 11.6 Å². The van der Waals surface area contributed by atoms with E-state index in [0.29, 0.717) is 22.6 Å². The molecule has 1 aliphatic carbocycles. The number of aliphatic hydroxyl groups is 1. The molecule has 0 spiro atoms. The van der Waals surface area contributed by atoms with Crippen LogP contribution in [0.4, 0.5) is 13.2 Å². The Morgan fingerprint density at radius 2 is 2.00 bits per heavy atom. The lowest BCUT2D eigenvalue weighted by Crippen LogP contribution is -2.34. The highest BCUT2D eigenvalue weighted by atomic mass is 35.5. The van der Waals surface area contributed by atoms with Crippen LogP contribution in [-0.2, 0) is 9.53 Å². The molecule has 0 unspecified atom stereocenters. The van der Waals surface area contributed by atoms with E-state index in [1.54, 1.807) is 24.3 Å². The highest BCUT2D eigenvalue weighted by Gasteiger charge is 2.42. The average Bonchev–Trinajstić information content (AvgIpc) is 3.13. The summed E-state index contributed by atoms with van der Waals surface area (Å²) in [4.78, 5) is 12.0. The molecule has 168 valence electrons. The van der Waals surface area contributed by atoms with Crippen molar-refractivity contribution in [3.63, 3.8) is 0 Å². The number of benzene rings is 1. The lowest BCUT2D eigenvalue weighted by molar-refractivity contribution is -0.352. The first-order valence-electron chi connectivity index (χ1n) is 9.57. The third-order valence-corrected chi connectivity index (χ3v) is 5.12. The highest BCUT2D eigenvalue weighted by molar-refractivity contribution is 6.30. The number of amides is 1. The number of nitrogens with zero attached hydrogens (tertiary/aromatic N) is 2. The van der Waals surface area contributed by atoms with Crippen LogP contribution in [0.3, 0.4) is 0 Å². The Morgan fingerprint density at radius 3 is 2.65 bits per heavy atom. The number of aromatic nitrogens is 2. The number of halogens is 4. The Bertz CT molecular complexity index is 911. The van der Waals surface area contributed by atoms with E-state index in [1.807, 2.05) is 0 Å². The molecule has 1 atom stereocenters. The van der Waals surface area contributed by atoms with E-state index in [-0.39, 0.29) is 49.4 Å². The normalized spacial score (nSPS) is 19.5. The number of carbonyl (C=O) groups excluding carboxylic acids is 1. The van der Waals surface area contributed by atoms with E-state index in [0.717, 1.165) is 0 Å². The second-order valence-electron chi connectivity index (χ2n) is 7.27. The molecule has 0 aliphatic heterocycles. The largest absolute Gasteiger partial charge is 0.522 e. The third kappa shape index (κ3) is 6.78. The summed E-state index contributed by atoms with van der Waals surface area (Å²) in [5.74, 6) is -0.207. The van der Waals surface area contributed by atoms with Crippen molar-refractivity contribution in [2.45, 2.75) is 50.2 Å². The topological polar surface area (TPSA) is 97.5 Å². The van der Waals surface area contributed by atoms with Crippen LogP contribution in [0, 0.1) is 0 Å². The fourth-order valence-corrected chi connectivity index (χ4v) is 3.23. The summed E-state index contributed by atoms with van der Waals surface area (Å²) < 4.78 is 46.0. The van der Waals surface area contributed by atoms with E-state index < -0.39 is 18.6 Å². The van der Waals surface area contributed by atoms with Gasteiger partial charge in [-0.1, -0.05) is 30.3 Å². The molecule has 0 radical (unpaired) electrons. The van der Waals surface area contributed by atoms with Crippen molar-refractivity contribution in [2.24, 2.45) is 0 Å². The first-order chi connectivity index (χ1) is 14.6. The number of rotatable bonds is 9. The molecule has 1 heterocycles. The molecule has 1 amide bonds. The minimum atomic E-state index is -4.65. The lowest BCUT2D eigenvalue weighted by Gasteiger charge is -2.32. The Hall–Kier alpha value is -2.43. The number of alkyl halides is 3. The zero-order valence-corrected chi connectivity index (χ0v) is 17.1. The van der Waals surface area contributed by atoms with Gasteiger partial charge in [0, 0.05) is 23.1 Å². The Morgan fingerprint density at radius 1 is 1.32 bits per heavy atom. The lowest BCUT2D eigenvalue weighted by atomic mass is 9.82. The van der Waals surface area contributed by atoms with Crippen molar-refractivity contribution in [3.8, 4) is 0 Å². The summed E-state index contributed by atoms with van der Waals surface area (Å²) in [6.07, 6.45) is -5.98. The van der Waals surface area contributed by atoms with Gasteiger partial charge in [-0.15, -0.1) is 23.4 Å². The van der Waals surface area contributed by atoms with Crippen LogP contribution in [0.25, 0.3) is 5.57 Å². The van der Waals surface area contributed by atoms with Gasteiger partial charge < -0.3 is 14.8 Å². The van der Waals surface area contributed by atoms with Crippen molar-refractivity contribution >= 4 is 23.1 Å². The number of aliphatic hydroxyl groups excluding tert-OH is 1. The number of nitrogens with one attached hydrogen (secondary N) is 1. The van der Waals surface area contributed by atoms with Crippen molar-refractivity contribution in [3.05, 3.63) is 53.2 Å². The predicted molar refractivity (Wildman–Crippen MR) is 105 cm³/mol. The standard InChI is InChI=1S/C20H21ClF3N3O4/c1-11(6-7-25-17(29)10-16(28)12-2-4-14(21)5-3-12)18-26-27-19(30-18)13-8-15(9-13)31-20(22,23)24/h2-5,13,15-16,28H,1,6-10H2,(H,25,29)/t13?,15?,16-/m0/s1. The molecule has 3 rings (SSSR count). The highest BCUT2D eigenvalue weighted by Crippen LogP contribution is 2.41. The maximum atomic E-state index is 12.2. The second kappa shape index (κ2) is 9.80. The summed E-state index contributed by atoms with van der Waals surface area (Å²) in [7, 11) is 0. The summed E-state index contributed by atoms with van der Waals surface area (Å²) in [6.45, 7) is 4.08. The minimum Gasteiger partial charge on any atom is -0.421 e. The molecule has 0 saturated heterocycles. The van der Waals surface area contributed by atoms with Crippen LogP contribution in [0.15, 0.2) is 35.3 Å². The van der Waals surface area contributed by atoms with Crippen molar-refractivity contribution in [1.29, 1.82) is 0 Å². The Kier molecular flexibility index (Phi) is 7.34. The zero-order chi connectivity index (χ0) is 22.6. The first kappa shape index (κ1) is 23.2. The average molecular weight is 460 g/mol. The molecule has 1 aliphatic rings. The van der Waals surface area contributed by atoms with Crippen molar-refractivity contribution in [2.75, 3.05) is 6.54 Å². The van der Waals surface area contributed by atoms with Crippen LogP contribution in [-0.4, -0.2) is 40.2 Å². The first-order valence-corrected chi connectivity index (χ1v) is 9.95. The van der Waals surface area contributed by atoms with E-state index >= 15 is 0 Å². The molecule has 1 saturated carbocycles. The summed E-state index contributed by atoms with van der Waals surface area (Å²) in [5, 5.41) is 21.1. The fourth-order valence-electron chi connectivity index (χ4n) is 3.11. The van der Waals surface area contributed by atoms with Gasteiger partial charge in [0.05, 0.1) is 18.6 Å². The second-order valence-corrected chi connectivity index (χ2v) is 7.71. The van der Waals surface area contributed by atoms with E-state index in [4.69, 9.17) is 16.0 Å². The molecule has 7 nitrogen and oxygen atoms in total.